The minimum atomic E-state index is 0.315. The number of nitrogens with one attached hydrogen (secondary N) is 1. The van der Waals surface area contributed by atoms with Gasteiger partial charge in [-0.1, -0.05) is 0 Å². The van der Waals surface area contributed by atoms with Crippen molar-refractivity contribution in [3.8, 4) is 11.5 Å². The van der Waals surface area contributed by atoms with Crippen LogP contribution in [0.1, 0.15) is 12.8 Å². The normalized spacial score (nSPS) is 19.3. The Kier molecular flexibility index (Phi) is 5.32. The van der Waals surface area contributed by atoms with Gasteiger partial charge in [-0.25, -0.2) is 4.72 Å². The van der Waals surface area contributed by atoms with E-state index in [-0.39, 0.29) is 0 Å². The maximum absolute atomic E-state index is 5.54. The number of aromatic nitrogens is 1. The van der Waals surface area contributed by atoms with Gasteiger partial charge in [-0.15, -0.1) is 0 Å². The summed E-state index contributed by atoms with van der Waals surface area (Å²) in [6.45, 7) is 5.10. The number of hydrogen-bond donors (Lipinski definition) is 2. The van der Waals surface area contributed by atoms with Gasteiger partial charge in [-0.2, -0.15) is 0 Å². The lowest BCUT2D eigenvalue weighted by atomic mass is 10.1. The summed E-state index contributed by atoms with van der Waals surface area (Å²) in [4.78, 5) is 9.60. The lowest BCUT2D eigenvalue weighted by Gasteiger charge is -2.41. The zero-order valence-electron chi connectivity index (χ0n) is 15.9. The van der Waals surface area contributed by atoms with Crippen LogP contribution in [0.3, 0.4) is 0 Å². The van der Waals surface area contributed by atoms with Crippen molar-refractivity contribution in [2.45, 2.75) is 18.4 Å². The third-order valence-electron chi connectivity index (χ3n) is 5.83. The molecule has 1 aromatic heterocycles. The zero-order chi connectivity index (χ0) is 18.9. The molecule has 0 radical (unpaired) electrons. The molecule has 146 valence electrons. The first-order valence-corrected chi connectivity index (χ1v) is 10.2. The highest BCUT2D eigenvalue weighted by Crippen LogP contribution is 2.42. The van der Waals surface area contributed by atoms with Crippen LogP contribution in [0.5, 0.6) is 11.5 Å². The molecule has 1 aliphatic heterocycles. The second kappa shape index (κ2) is 7.71. The van der Waals surface area contributed by atoms with Gasteiger partial charge in [0.2, 0.25) is 0 Å². The number of pyridine rings is 1. The van der Waals surface area contributed by atoms with Crippen molar-refractivity contribution in [1.82, 2.24) is 14.6 Å². The van der Waals surface area contributed by atoms with Crippen LogP contribution in [0.2, 0.25) is 0 Å². The van der Waals surface area contributed by atoms with E-state index in [0.717, 1.165) is 49.4 Å². The molecular formula is C19H27N5O2S. The molecule has 1 saturated heterocycles. The van der Waals surface area contributed by atoms with Crippen molar-refractivity contribution in [3.05, 3.63) is 24.4 Å². The van der Waals surface area contributed by atoms with Crippen LogP contribution < -0.4 is 24.2 Å². The van der Waals surface area contributed by atoms with Gasteiger partial charge in [-0.05, 0) is 25.0 Å². The summed E-state index contributed by atoms with van der Waals surface area (Å²) in [5.74, 6) is 1.44. The quantitative estimate of drug-likeness (QED) is 0.697. The fourth-order valence-electron chi connectivity index (χ4n) is 4.08. The van der Waals surface area contributed by atoms with Gasteiger partial charge >= 0.3 is 0 Å². The molecule has 8 heteroatoms. The summed E-state index contributed by atoms with van der Waals surface area (Å²) in [5, 5.41) is 6.64. The molecule has 0 spiro atoms. The fourth-order valence-corrected chi connectivity index (χ4v) is 4.43. The molecule has 0 amide bonds. The van der Waals surface area contributed by atoms with E-state index in [2.05, 4.69) is 25.6 Å². The summed E-state index contributed by atoms with van der Waals surface area (Å²) in [5.41, 5.74) is 2.45. The third-order valence-corrected chi connectivity index (χ3v) is 6.14. The number of nitrogens with zero attached hydrogens (tertiary/aromatic N) is 3. The summed E-state index contributed by atoms with van der Waals surface area (Å²) in [6, 6.07) is 6.08. The second-order valence-electron chi connectivity index (χ2n) is 7.19. The molecular weight excluding hydrogens is 362 g/mol. The van der Waals surface area contributed by atoms with Gasteiger partial charge in [-0.3, -0.25) is 15.0 Å². The molecule has 2 aliphatic rings. The minimum Gasteiger partial charge on any atom is -0.493 e. The summed E-state index contributed by atoms with van der Waals surface area (Å²) in [7, 11) is 3.32. The van der Waals surface area contributed by atoms with Crippen molar-refractivity contribution in [3.63, 3.8) is 0 Å². The predicted molar refractivity (Wildman–Crippen MR) is 110 cm³/mol. The smallest absolute Gasteiger partial charge is 0.162 e. The Morgan fingerprint density at radius 2 is 1.85 bits per heavy atom. The van der Waals surface area contributed by atoms with Gasteiger partial charge in [0.25, 0.3) is 0 Å². The van der Waals surface area contributed by atoms with E-state index in [9.17, 15) is 0 Å². The van der Waals surface area contributed by atoms with Crippen LogP contribution in [0.4, 0.5) is 5.69 Å². The molecule has 0 atom stereocenters. The SMILES string of the molecule is COc1cc2nccc(N3CCN(C4(CNSN)CC4)CC3)c2cc1OC. The van der Waals surface area contributed by atoms with E-state index in [1.807, 2.05) is 18.3 Å². The topological polar surface area (TPSA) is 75.9 Å². The molecule has 0 unspecified atom stereocenters. The first kappa shape index (κ1) is 18.6. The van der Waals surface area contributed by atoms with Crippen molar-refractivity contribution < 1.29 is 9.47 Å². The highest BCUT2D eigenvalue weighted by molar-refractivity contribution is 7.95. The molecule has 3 N–H and O–H groups in total. The van der Waals surface area contributed by atoms with E-state index < -0.39 is 0 Å². The van der Waals surface area contributed by atoms with Crippen LogP contribution in [-0.2, 0) is 0 Å². The van der Waals surface area contributed by atoms with Crippen LogP contribution in [0.25, 0.3) is 10.9 Å². The Bertz CT molecular complexity index is 806. The molecule has 2 aromatic rings. The fraction of sp³-hybridized carbons (Fsp3) is 0.526. The van der Waals surface area contributed by atoms with Gasteiger partial charge in [0.05, 0.1) is 19.7 Å². The lowest BCUT2D eigenvalue weighted by molar-refractivity contribution is 0.168. The van der Waals surface area contributed by atoms with E-state index in [1.54, 1.807) is 14.2 Å². The highest BCUT2D eigenvalue weighted by Gasteiger charge is 2.48. The Balaban J connectivity index is 1.54. The number of piperazine rings is 1. The third kappa shape index (κ3) is 3.54. The Morgan fingerprint density at radius 1 is 1.15 bits per heavy atom. The second-order valence-corrected chi connectivity index (χ2v) is 7.72. The maximum atomic E-state index is 5.54. The van der Waals surface area contributed by atoms with E-state index in [4.69, 9.17) is 14.6 Å². The van der Waals surface area contributed by atoms with Crippen LogP contribution in [0, 0.1) is 0 Å². The number of nitrogens with two attached hydrogens (primary N) is 1. The number of hydrogen-bond acceptors (Lipinski definition) is 8. The van der Waals surface area contributed by atoms with E-state index in [1.165, 1.54) is 30.7 Å². The van der Waals surface area contributed by atoms with Gasteiger partial charge in [0.15, 0.2) is 11.5 Å². The average Bonchev–Trinajstić information content (AvgIpc) is 3.52. The average molecular weight is 390 g/mol. The summed E-state index contributed by atoms with van der Waals surface area (Å²) in [6.07, 6.45) is 4.40. The summed E-state index contributed by atoms with van der Waals surface area (Å²) < 4.78 is 14.2. The molecule has 1 saturated carbocycles. The number of fused-ring (bicyclic) bond motifs is 1. The maximum Gasteiger partial charge on any atom is 0.162 e. The molecule has 4 rings (SSSR count). The number of anilines is 1. The standard InChI is InChI=1S/C19H27N5O2S/c1-25-17-11-14-15(12-18(17)26-2)21-6-3-16(14)23-7-9-24(10-8-23)19(4-5-19)13-22-27-20/h3,6,11-12,22H,4-5,7-10,13,20H2,1-2H3. The van der Waals surface area contributed by atoms with E-state index in [0.29, 0.717) is 11.3 Å². The molecule has 2 fully saturated rings. The number of benzene rings is 1. The van der Waals surface area contributed by atoms with Crippen molar-refractivity contribution in [1.29, 1.82) is 0 Å². The number of rotatable bonds is 7. The first-order valence-electron chi connectivity index (χ1n) is 9.30. The molecule has 1 aromatic carbocycles. The Hall–Kier alpha value is -1.74. The monoisotopic (exact) mass is 389 g/mol. The molecule has 7 nitrogen and oxygen atoms in total. The van der Waals surface area contributed by atoms with Crippen molar-refractivity contribution in [2.24, 2.45) is 5.14 Å². The van der Waals surface area contributed by atoms with Crippen molar-refractivity contribution >= 4 is 28.7 Å². The van der Waals surface area contributed by atoms with Crippen LogP contribution in [0.15, 0.2) is 24.4 Å². The highest BCUT2D eigenvalue weighted by atomic mass is 32.2. The minimum absolute atomic E-state index is 0.315. The molecule has 1 aliphatic carbocycles. The number of ether oxygens (including phenoxy) is 2. The number of methoxy groups -OCH3 is 2. The zero-order valence-corrected chi connectivity index (χ0v) is 16.7. The summed E-state index contributed by atoms with van der Waals surface area (Å²) >= 11 is 1.22. The van der Waals surface area contributed by atoms with Gasteiger partial charge < -0.3 is 14.4 Å². The van der Waals surface area contributed by atoms with Gasteiger partial charge in [0.1, 0.15) is 0 Å². The molecule has 0 bridgehead atoms. The Morgan fingerprint density at radius 3 is 2.48 bits per heavy atom. The lowest BCUT2D eigenvalue weighted by Crippen LogP contribution is -2.54. The van der Waals surface area contributed by atoms with Gasteiger partial charge in [0, 0.05) is 73.7 Å². The van der Waals surface area contributed by atoms with Crippen LogP contribution >= 0.6 is 12.1 Å². The first-order chi connectivity index (χ1) is 13.2. The molecule has 27 heavy (non-hydrogen) atoms. The molecule has 2 heterocycles. The van der Waals surface area contributed by atoms with Crippen LogP contribution in [-0.4, -0.2) is 62.4 Å². The van der Waals surface area contributed by atoms with E-state index >= 15 is 0 Å². The largest absolute Gasteiger partial charge is 0.493 e. The predicted octanol–water partition coefficient (Wildman–Crippen LogP) is 2.02. The Labute approximate surface area is 164 Å². The van der Waals surface area contributed by atoms with Crippen molar-refractivity contribution in [2.75, 3.05) is 51.8 Å².